The summed E-state index contributed by atoms with van der Waals surface area (Å²) in [4.78, 5) is 6.25. The lowest BCUT2D eigenvalue weighted by molar-refractivity contribution is -1.12. The number of likely N-dealkylation sites (tertiary alicyclic amines) is 1. The van der Waals surface area contributed by atoms with Crippen molar-refractivity contribution in [3.05, 3.63) is 101 Å². The van der Waals surface area contributed by atoms with Gasteiger partial charge in [-0.1, -0.05) is 24.3 Å². The van der Waals surface area contributed by atoms with Gasteiger partial charge < -0.3 is 33.8 Å². The zero-order chi connectivity index (χ0) is 30.9. The lowest BCUT2D eigenvalue weighted by Crippen LogP contribution is -3.00. The smallest absolute Gasteiger partial charge is 0.416 e. The SMILES string of the molecule is CCO[N+]1(Cc2ccc(OCC3CC3)cc2)CCC(C(O)(c2ccc(C(F)(F)F)cc2)c2ccc(C(F)(F)F)cc2)CC1.[I-]. The number of hydrogen-bond donors (Lipinski definition) is 1. The molecule has 3 aromatic rings. The van der Waals surface area contributed by atoms with Crippen LogP contribution in [0.25, 0.3) is 0 Å². The molecule has 1 saturated carbocycles. The minimum Gasteiger partial charge on any atom is -1.00 e. The molecule has 0 amide bonds. The Morgan fingerprint density at radius 1 is 0.705 bits per heavy atom. The number of rotatable bonds is 10. The molecule has 3 aromatic carbocycles. The Kier molecular flexibility index (Phi) is 10.6. The van der Waals surface area contributed by atoms with E-state index in [1.165, 1.54) is 37.1 Å². The number of halogens is 7. The van der Waals surface area contributed by atoms with Gasteiger partial charge in [-0.05, 0) is 85.3 Å². The minimum atomic E-state index is -4.56. The monoisotopic (exact) mass is 735 g/mol. The van der Waals surface area contributed by atoms with Gasteiger partial charge in [0.2, 0.25) is 0 Å². The molecule has 44 heavy (non-hydrogen) atoms. The van der Waals surface area contributed by atoms with Gasteiger partial charge in [-0.15, -0.1) is 0 Å². The molecule has 1 aliphatic carbocycles. The molecule has 11 heteroatoms. The van der Waals surface area contributed by atoms with Gasteiger partial charge in [0.15, 0.2) is 0 Å². The summed E-state index contributed by atoms with van der Waals surface area (Å²) in [7, 11) is 0. The van der Waals surface area contributed by atoms with Crippen LogP contribution in [0, 0.1) is 11.8 Å². The highest BCUT2D eigenvalue weighted by Gasteiger charge is 2.47. The van der Waals surface area contributed by atoms with Crippen molar-refractivity contribution in [2.45, 2.75) is 57.1 Å². The maximum atomic E-state index is 13.3. The third-order valence-corrected chi connectivity index (χ3v) is 8.65. The summed E-state index contributed by atoms with van der Waals surface area (Å²) in [6.07, 6.45) is -5.85. The van der Waals surface area contributed by atoms with Crippen molar-refractivity contribution in [2.24, 2.45) is 11.8 Å². The number of nitrogens with zero attached hydrogens (tertiary/aromatic N) is 1. The first-order valence-corrected chi connectivity index (χ1v) is 14.6. The lowest BCUT2D eigenvalue weighted by Gasteiger charge is -2.45. The van der Waals surface area contributed by atoms with Crippen LogP contribution in [0.3, 0.4) is 0 Å². The van der Waals surface area contributed by atoms with E-state index in [0.29, 0.717) is 49.6 Å². The summed E-state index contributed by atoms with van der Waals surface area (Å²) in [6, 6.07) is 16.3. The molecular formula is C33H36F6INO3. The van der Waals surface area contributed by atoms with Crippen molar-refractivity contribution in [2.75, 3.05) is 26.3 Å². The minimum absolute atomic E-state index is 0. The van der Waals surface area contributed by atoms with Gasteiger partial charge in [0, 0.05) is 24.3 Å². The molecule has 0 aromatic heterocycles. The van der Waals surface area contributed by atoms with Crippen molar-refractivity contribution < 1.29 is 69.6 Å². The van der Waals surface area contributed by atoms with Gasteiger partial charge in [-0.3, -0.25) is 0 Å². The second-order valence-electron chi connectivity index (χ2n) is 11.7. The highest BCUT2D eigenvalue weighted by molar-refractivity contribution is 5.40. The molecule has 1 aliphatic heterocycles. The van der Waals surface area contributed by atoms with E-state index in [9.17, 15) is 31.4 Å². The molecule has 1 heterocycles. The summed E-state index contributed by atoms with van der Waals surface area (Å²) in [6.45, 7) is 4.66. The summed E-state index contributed by atoms with van der Waals surface area (Å²) < 4.78 is 85.9. The topological polar surface area (TPSA) is 38.7 Å². The first-order chi connectivity index (χ1) is 20.3. The Morgan fingerprint density at radius 3 is 1.57 bits per heavy atom. The van der Waals surface area contributed by atoms with E-state index in [0.717, 1.165) is 42.2 Å². The van der Waals surface area contributed by atoms with E-state index in [1.54, 1.807) is 0 Å². The quantitative estimate of drug-likeness (QED) is 0.179. The molecular weight excluding hydrogens is 699 g/mol. The predicted octanol–water partition coefficient (Wildman–Crippen LogP) is 5.13. The maximum absolute atomic E-state index is 13.3. The molecule has 2 aliphatic rings. The molecule has 0 spiro atoms. The van der Waals surface area contributed by atoms with Crippen LogP contribution in [0.1, 0.15) is 60.4 Å². The Balaban J connectivity index is 0.00000442. The summed E-state index contributed by atoms with van der Waals surface area (Å²) in [5.41, 5.74) is -2.11. The second-order valence-corrected chi connectivity index (χ2v) is 11.7. The predicted molar refractivity (Wildman–Crippen MR) is 149 cm³/mol. The summed E-state index contributed by atoms with van der Waals surface area (Å²) >= 11 is 0. The van der Waals surface area contributed by atoms with Crippen molar-refractivity contribution in [3.8, 4) is 5.75 Å². The third-order valence-electron chi connectivity index (χ3n) is 8.65. The summed E-state index contributed by atoms with van der Waals surface area (Å²) in [5, 5.41) is 12.3. The van der Waals surface area contributed by atoms with Gasteiger partial charge in [0.25, 0.3) is 0 Å². The average Bonchev–Trinajstić information content (AvgIpc) is 3.81. The number of aliphatic hydroxyl groups is 1. The van der Waals surface area contributed by atoms with E-state index in [1.807, 2.05) is 31.2 Å². The number of benzene rings is 3. The number of hydrogen-bond acceptors (Lipinski definition) is 3. The van der Waals surface area contributed by atoms with Crippen LogP contribution in [0.4, 0.5) is 26.3 Å². The lowest BCUT2D eigenvalue weighted by atomic mass is 9.71. The van der Waals surface area contributed by atoms with Crippen molar-refractivity contribution in [1.82, 2.24) is 0 Å². The van der Waals surface area contributed by atoms with E-state index in [-0.39, 0.29) is 35.1 Å². The van der Waals surface area contributed by atoms with Crippen molar-refractivity contribution >= 4 is 0 Å². The maximum Gasteiger partial charge on any atom is 0.416 e. The van der Waals surface area contributed by atoms with Crippen LogP contribution in [-0.4, -0.2) is 36.1 Å². The molecule has 0 bridgehead atoms. The number of piperidine rings is 1. The van der Waals surface area contributed by atoms with Crippen LogP contribution in [0.5, 0.6) is 5.75 Å². The fourth-order valence-electron chi connectivity index (χ4n) is 6.05. The fraction of sp³-hybridized carbons (Fsp3) is 0.455. The van der Waals surface area contributed by atoms with Crippen LogP contribution < -0.4 is 28.7 Å². The molecule has 1 N–H and O–H groups in total. The van der Waals surface area contributed by atoms with E-state index in [4.69, 9.17) is 9.57 Å². The van der Waals surface area contributed by atoms with Gasteiger partial charge in [0.1, 0.15) is 37.6 Å². The third kappa shape index (κ3) is 7.89. The number of hydroxylamine groups is 3. The Bertz CT molecular complexity index is 1290. The van der Waals surface area contributed by atoms with Gasteiger partial charge >= 0.3 is 12.4 Å². The van der Waals surface area contributed by atoms with E-state index < -0.39 is 35.0 Å². The molecule has 0 atom stereocenters. The second kappa shape index (κ2) is 13.6. The molecule has 0 radical (unpaired) electrons. The van der Waals surface area contributed by atoms with Gasteiger partial charge in [-0.25, -0.2) is 4.84 Å². The highest BCUT2D eigenvalue weighted by Crippen LogP contribution is 2.45. The Hall–Kier alpha value is -2.35. The normalized spacial score (nSPS) is 21.0. The van der Waals surface area contributed by atoms with Crippen LogP contribution in [0.2, 0.25) is 0 Å². The fourth-order valence-corrected chi connectivity index (χ4v) is 6.05. The number of quaternary nitrogens is 1. The van der Waals surface area contributed by atoms with Crippen molar-refractivity contribution in [3.63, 3.8) is 0 Å². The van der Waals surface area contributed by atoms with E-state index >= 15 is 0 Å². The van der Waals surface area contributed by atoms with Crippen LogP contribution >= 0.6 is 0 Å². The average molecular weight is 736 g/mol. The molecule has 5 rings (SSSR count). The molecule has 2 fully saturated rings. The standard InChI is InChI=1S/C33H36F6NO3.HI/c1-2-43-40(21-23-5-15-30(16-6-23)42-22-24-3-4-24)19-17-27(18-20-40)31(41,25-7-11-28(12-8-25)32(34,35)36)26-9-13-29(14-10-26)33(37,38)39;/h5-16,24,27,41H,2-4,17-22H2,1H3;1H/q+1;/p-1. The molecule has 4 nitrogen and oxygen atoms in total. The Morgan fingerprint density at radius 2 is 1.16 bits per heavy atom. The van der Waals surface area contributed by atoms with Crippen LogP contribution in [0.15, 0.2) is 72.8 Å². The first-order valence-electron chi connectivity index (χ1n) is 14.6. The van der Waals surface area contributed by atoms with Gasteiger partial charge in [0.05, 0.1) is 17.7 Å². The zero-order valence-corrected chi connectivity index (χ0v) is 26.5. The zero-order valence-electron chi connectivity index (χ0n) is 24.3. The largest absolute Gasteiger partial charge is 1.00 e. The molecule has 0 unspecified atom stereocenters. The highest BCUT2D eigenvalue weighted by atomic mass is 127. The van der Waals surface area contributed by atoms with E-state index in [2.05, 4.69) is 0 Å². The molecule has 240 valence electrons. The first kappa shape index (κ1) is 34.5. The van der Waals surface area contributed by atoms with Crippen LogP contribution in [-0.2, 0) is 29.3 Å². The Labute approximate surface area is 270 Å². The molecule has 1 saturated heterocycles. The number of alkyl halides is 6. The van der Waals surface area contributed by atoms with Gasteiger partial charge in [-0.2, -0.15) is 31.0 Å². The number of ether oxygens (including phenoxy) is 1. The van der Waals surface area contributed by atoms with Crippen molar-refractivity contribution in [1.29, 1.82) is 0 Å². The summed E-state index contributed by atoms with van der Waals surface area (Å²) in [5.74, 6) is 0.984.